The van der Waals surface area contributed by atoms with E-state index in [-0.39, 0.29) is 44.8 Å². The predicted molar refractivity (Wildman–Crippen MR) is 107 cm³/mol. The topological polar surface area (TPSA) is 89.0 Å². The summed E-state index contributed by atoms with van der Waals surface area (Å²) in [5, 5.41) is 11.7. The summed E-state index contributed by atoms with van der Waals surface area (Å²) < 4.78 is 0. The van der Waals surface area contributed by atoms with Crippen LogP contribution < -0.4 is 5.32 Å². The van der Waals surface area contributed by atoms with Crippen molar-refractivity contribution in [1.29, 1.82) is 0 Å². The maximum atomic E-state index is 12.9. The van der Waals surface area contributed by atoms with Crippen molar-refractivity contribution < 1.29 is 14.4 Å². The molecule has 4 rings (SSSR count). The molecule has 1 aromatic heterocycles. The van der Waals surface area contributed by atoms with Crippen LogP contribution in [0.1, 0.15) is 67.0 Å². The van der Waals surface area contributed by atoms with Crippen LogP contribution in [0.2, 0.25) is 5.02 Å². The lowest BCUT2D eigenvalue weighted by Crippen LogP contribution is -2.23. The number of nitrogens with zero attached hydrogens (tertiary/aromatic N) is 2. The van der Waals surface area contributed by atoms with Crippen LogP contribution in [0, 0.1) is 0 Å². The molecule has 1 N–H and O–H groups in total. The zero-order valence-corrected chi connectivity index (χ0v) is 16.5. The van der Waals surface area contributed by atoms with Crippen molar-refractivity contribution in [2.24, 2.45) is 0 Å². The van der Waals surface area contributed by atoms with Crippen molar-refractivity contribution >= 4 is 45.5 Å². The van der Waals surface area contributed by atoms with Crippen molar-refractivity contribution in [1.82, 2.24) is 10.2 Å². The number of nitrogens with one attached hydrogen (secondary N) is 1. The molecule has 0 bridgehead atoms. The number of carbonyl (C=O) groups excluding carboxylic acids is 3. The highest BCUT2D eigenvalue weighted by atomic mass is 35.5. The molecule has 140 valence electrons. The summed E-state index contributed by atoms with van der Waals surface area (Å²) in [4.78, 5) is 38.3. The van der Waals surface area contributed by atoms with Crippen molar-refractivity contribution in [2.45, 2.75) is 19.8 Å². The summed E-state index contributed by atoms with van der Waals surface area (Å²) in [7, 11) is 0. The van der Waals surface area contributed by atoms with Gasteiger partial charge in [0.25, 0.3) is 5.91 Å². The molecule has 0 spiro atoms. The molecular formula is C20H14ClN3O3S. The molecule has 0 saturated heterocycles. The largest absolute Gasteiger partial charge is 0.296 e. The third-order valence-electron chi connectivity index (χ3n) is 4.43. The smallest absolute Gasteiger partial charge is 0.259 e. The SMILES string of the molecule is CC(C)c1nnc(NC(=O)c2ccc3c(c2Cl)C(=O)c2ccccc2C3=O)s1. The molecule has 8 heteroatoms. The quantitative estimate of drug-likeness (QED) is 0.541. The van der Waals surface area contributed by atoms with Crippen molar-refractivity contribution in [2.75, 3.05) is 5.32 Å². The average molecular weight is 412 g/mol. The Morgan fingerprint density at radius 2 is 1.68 bits per heavy atom. The molecule has 1 amide bonds. The van der Waals surface area contributed by atoms with Gasteiger partial charge in [-0.1, -0.05) is 61.1 Å². The Bertz CT molecular complexity index is 1150. The Kier molecular flexibility index (Phi) is 4.56. The summed E-state index contributed by atoms with van der Waals surface area (Å²) in [6.07, 6.45) is 0. The summed E-state index contributed by atoms with van der Waals surface area (Å²) in [6.45, 7) is 3.96. The monoisotopic (exact) mass is 411 g/mol. The highest BCUT2D eigenvalue weighted by Crippen LogP contribution is 2.34. The minimum absolute atomic E-state index is 0.0450. The van der Waals surface area contributed by atoms with E-state index in [9.17, 15) is 14.4 Å². The maximum absolute atomic E-state index is 12.9. The van der Waals surface area contributed by atoms with Crippen LogP contribution >= 0.6 is 22.9 Å². The van der Waals surface area contributed by atoms with Crippen LogP contribution in [0.25, 0.3) is 0 Å². The molecule has 0 fully saturated rings. The number of fused-ring (bicyclic) bond motifs is 2. The summed E-state index contributed by atoms with van der Waals surface area (Å²) >= 11 is 7.68. The first-order valence-electron chi connectivity index (χ1n) is 8.54. The second kappa shape index (κ2) is 6.92. The van der Waals surface area contributed by atoms with Gasteiger partial charge >= 0.3 is 0 Å². The third-order valence-corrected chi connectivity index (χ3v) is 5.96. The third kappa shape index (κ3) is 2.93. The fourth-order valence-electron chi connectivity index (χ4n) is 3.00. The van der Waals surface area contributed by atoms with Gasteiger partial charge in [0, 0.05) is 22.6 Å². The zero-order valence-electron chi connectivity index (χ0n) is 14.9. The summed E-state index contributed by atoms with van der Waals surface area (Å²) in [5.74, 6) is -0.981. The van der Waals surface area contributed by atoms with E-state index < -0.39 is 5.91 Å². The van der Waals surface area contributed by atoms with E-state index in [1.54, 1.807) is 24.3 Å². The first-order chi connectivity index (χ1) is 13.4. The standard InChI is InChI=1S/C20H14ClN3O3S/c1-9(2)19-23-24-20(28-19)22-18(27)13-8-7-12-14(15(13)21)17(26)11-6-4-3-5-10(11)16(12)25/h3-9H,1-2H3,(H,22,24,27). The minimum atomic E-state index is -0.515. The lowest BCUT2D eigenvalue weighted by atomic mass is 9.83. The molecule has 0 atom stereocenters. The number of aromatic nitrogens is 2. The van der Waals surface area contributed by atoms with Crippen LogP contribution in [-0.2, 0) is 0 Å². The fourth-order valence-corrected chi connectivity index (χ4v) is 4.08. The van der Waals surface area contributed by atoms with Crippen molar-refractivity contribution in [3.05, 3.63) is 74.2 Å². The number of hydrogen-bond donors (Lipinski definition) is 1. The first kappa shape index (κ1) is 18.5. The molecule has 0 aliphatic heterocycles. The molecule has 1 aliphatic rings. The van der Waals surface area contributed by atoms with Crippen LogP contribution in [0.5, 0.6) is 0 Å². The van der Waals surface area contributed by atoms with E-state index in [2.05, 4.69) is 15.5 Å². The van der Waals surface area contributed by atoms with Crippen molar-refractivity contribution in [3.63, 3.8) is 0 Å². The van der Waals surface area contributed by atoms with Gasteiger partial charge < -0.3 is 0 Å². The Balaban J connectivity index is 1.72. The maximum Gasteiger partial charge on any atom is 0.259 e. The van der Waals surface area contributed by atoms with Crippen LogP contribution in [0.15, 0.2) is 36.4 Å². The number of anilines is 1. The highest BCUT2D eigenvalue weighted by Gasteiger charge is 2.33. The van der Waals surface area contributed by atoms with E-state index in [1.165, 1.54) is 23.5 Å². The van der Waals surface area contributed by atoms with Gasteiger partial charge in [-0.15, -0.1) is 10.2 Å². The van der Waals surface area contributed by atoms with Gasteiger partial charge in [-0.25, -0.2) is 0 Å². The molecule has 2 aromatic carbocycles. The molecule has 28 heavy (non-hydrogen) atoms. The summed E-state index contributed by atoms with van der Waals surface area (Å²) in [5.41, 5.74) is 0.970. The van der Waals surface area contributed by atoms with E-state index in [4.69, 9.17) is 11.6 Å². The van der Waals surface area contributed by atoms with E-state index in [1.807, 2.05) is 13.8 Å². The zero-order chi connectivity index (χ0) is 20.0. The fraction of sp³-hybridized carbons (Fsp3) is 0.150. The minimum Gasteiger partial charge on any atom is -0.296 e. The number of benzene rings is 2. The molecule has 1 aliphatic carbocycles. The molecule has 1 heterocycles. The Morgan fingerprint density at radius 3 is 2.32 bits per heavy atom. The number of rotatable bonds is 3. The Hall–Kier alpha value is -2.90. The summed E-state index contributed by atoms with van der Waals surface area (Å²) in [6, 6.07) is 9.48. The van der Waals surface area contributed by atoms with Gasteiger partial charge in [-0.2, -0.15) is 0 Å². The van der Waals surface area contributed by atoms with E-state index in [0.717, 1.165) is 5.01 Å². The highest BCUT2D eigenvalue weighted by molar-refractivity contribution is 7.15. The second-order valence-electron chi connectivity index (χ2n) is 6.61. The molecule has 6 nitrogen and oxygen atoms in total. The van der Waals surface area contributed by atoms with Crippen LogP contribution in [0.4, 0.5) is 5.13 Å². The lowest BCUT2D eigenvalue weighted by molar-refractivity contribution is 0.0978. The van der Waals surface area contributed by atoms with E-state index in [0.29, 0.717) is 10.7 Å². The van der Waals surface area contributed by atoms with Gasteiger partial charge in [-0.05, 0) is 12.1 Å². The lowest BCUT2D eigenvalue weighted by Gasteiger charge is -2.19. The second-order valence-corrected chi connectivity index (χ2v) is 7.99. The van der Waals surface area contributed by atoms with Crippen molar-refractivity contribution in [3.8, 4) is 0 Å². The predicted octanol–water partition coefficient (Wildman–Crippen LogP) is 4.34. The van der Waals surface area contributed by atoms with Gasteiger partial charge in [-0.3, -0.25) is 19.7 Å². The number of hydrogen-bond acceptors (Lipinski definition) is 6. The normalized spacial score (nSPS) is 12.7. The van der Waals surface area contributed by atoms with Gasteiger partial charge in [0.05, 0.1) is 16.1 Å². The number of amides is 1. The van der Waals surface area contributed by atoms with Crippen LogP contribution in [0.3, 0.4) is 0 Å². The number of ketones is 2. The van der Waals surface area contributed by atoms with E-state index >= 15 is 0 Å². The first-order valence-corrected chi connectivity index (χ1v) is 9.73. The molecular weight excluding hydrogens is 398 g/mol. The average Bonchev–Trinajstić information content (AvgIpc) is 3.14. The molecule has 3 aromatic rings. The number of carbonyl (C=O) groups is 3. The molecule has 0 radical (unpaired) electrons. The molecule has 0 unspecified atom stereocenters. The van der Waals surface area contributed by atoms with Gasteiger partial charge in [0.1, 0.15) is 5.01 Å². The van der Waals surface area contributed by atoms with Gasteiger partial charge in [0.2, 0.25) is 5.13 Å². The van der Waals surface area contributed by atoms with Crippen LogP contribution in [-0.4, -0.2) is 27.7 Å². The van der Waals surface area contributed by atoms with Gasteiger partial charge in [0.15, 0.2) is 11.6 Å². The Labute approximate surface area is 169 Å². The number of halogens is 1. The Morgan fingerprint density at radius 1 is 1.00 bits per heavy atom. The molecule has 0 saturated carbocycles.